The number of para-hydroxylation sites is 1. The minimum absolute atomic E-state index is 0.845. The van der Waals surface area contributed by atoms with Crippen LogP contribution in [-0.2, 0) is 0 Å². The fourth-order valence-corrected chi connectivity index (χ4v) is 12.1. The third kappa shape index (κ3) is 4.53. The summed E-state index contributed by atoms with van der Waals surface area (Å²) in [5.74, 6) is 0. The van der Waals surface area contributed by atoms with Crippen molar-refractivity contribution in [2.75, 3.05) is 5.32 Å². The second-order valence-electron chi connectivity index (χ2n) is 15.3. The summed E-state index contributed by atoms with van der Waals surface area (Å²) < 4.78 is 7.81. The van der Waals surface area contributed by atoms with Crippen molar-refractivity contribution >= 4 is 125 Å². The van der Waals surface area contributed by atoms with E-state index in [2.05, 4.69) is 186 Å². The molecule has 0 saturated carbocycles. The number of anilines is 2. The Kier molecular flexibility index (Phi) is 6.60. The molecular weight excluding hydrogens is 728 g/mol. The molecule has 0 radical (unpaired) electrons. The summed E-state index contributed by atoms with van der Waals surface area (Å²) in [7, 11) is 0.845. The first-order valence-electron chi connectivity index (χ1n) is 19.6. The summed E-state index contributed by atoms with van der Waals surface area (Å²) in [4.78, 5) is 0. The zero-order valence-electron chi connectivity index (χ0n) is 30.7. The molecule has 0 fully saturated rings. The Bertz CT molecular complexity index is 3650. The second-order valence-corrected chi connectivity index (χ2v) is 17.4. The molecule has 0 amide bonds. The largest absolute Gasteiger partial charge is 0.354 e. The van der Waals surface area contributed by atoms with Crippen LogP contribution >= 0.6 is 22.7 Å². The molecule has 1 aliphatic rings. The molecule has 0 unspecified atom stereocenters. The number of hydrogen-bond acceptors (Lipinski definition) is 3. The van der Waals surface area contributed by atoms with Gasteiger partial charge < -0.3 is 9.88 Å². The van der Waals surface area contributed by atoms with Gasteiger partial charge in [-0.05, 0) is 63.9 Å². The third-order valence-electron chi connectivity index (χ3n) is 12.2. The average Bonchev–Trinajstić information content (AvgIpc) is 3.95. The second kappa shape index (κ2) is 11.9. The van der Waals surface area contributed by atoms with E-state index in [0.717, 1.165) is 18.7 Å². The first-order valence-corrected chi connectivity index (χ1v) is 21.2. The maximum absolute atomic E-state index is 4.08. The molecule has 13 rings (SSSR count). The fourth-order valence-electron chi connectivity index (χ4n) is 9.69. The summed E-state index contributed by atoms with van der Waals surface area (Å²) in [6.07, 6.45) is 0. The van der Waals surface area contributed by atoms with Crippen molar-refractivity contribution in [1.29, 1.82) is 0 Å². The van der Waals surface area contributed by atoms with Crippen molar-refractivity contribution in [2.45, 2.75) is 0 Å². The molecule has 0 atom stereocenters. The molecule has 0 saturated heterocycles. The van der Waals surface area contributed by atoms with Gasteiger partial charge in [-0.1, -0.05) is 145 Å². The van der Waals surface area contributed by atoms with Crippen LogP contribution < -0.4 is 16.2 Å². The SMILES string of the molecule is B1c2c(-c3c(Nc4cccc5c4sc4ccccc45)ccc4c3sc3ccccc34)cc(-c3ccccc3)cc2-n2c3c1cccc3c1ccc3ccccc3c12. The summed E-state index contributed by atoms with van der Waals surface area (Å²) in [5, 5.41) is 14.4. The van der Waals surface area contributed by atoms with E-state index in [1.165, 1.54) is 112 Å². The minimum Gasteiger partial charge on any atom is -0.354 e. The van der Waals surface area contributed by atoms with E-state index in [9.17, 15) is 0 Å². The van der Waals surface area contributed by atoms with Gasteiger partial charge in [0.2, 0.25) is 0 Å². The number of thiophene rings is 2. The van der Waals surface area contributed by atoms with Crippen LogP contribution in [0.2, 0.25) is 0 Å². The van der Waals surface area contributed by atoms with Crippen LogP contribution in [0.4, 0.5) is 11.4 Å². The van der Waals surface area contributed by atoms with E-state index in [0.29, 0.717) is 0 Å². The van der Waals surface area contributed by atoms with Gasteiger partial charge in [0.25, 0.3) is 0 Å². The van der Waals surface area contributed by atoms with Crippen LogP contribution in [0.5, 0.6) is 0 Å². The normalized spacial score (nSPS) is 12.4. The summed E-state index contributed by atoms with van der Waals surface area (Å²) in [5.41, 5.74) is 13.8. The monoisotopic (exact) mass is 758 g/mol. The van der Waals surface area contributed by atoms with Crippen molar-refractivity contribution in [2.24, 2.45) is 0 Å². The zero-order chi connectivity index (χ0) is 37.2. The van der Waals surface area contributed by atoms with Crippen molar-refractivity contribution in [3.63, 3.8) is 0 Å². The van der Waals surface area contributed by atoms with Gasteiger partial charge in [-0.3, -0.25) is 0 Å². The Morgan fingerprint density at radius 2 is 1.09 bits per heavy atom. The zero-order valence-corrected chi connectivity index (χ0v) is 32.3. The maximum Gasteiger partial charge on any atom is 0.198 e. The van der Waals surface area contributed by atoms with E-state index in [-0.39, 0.29) is 0 Å². The molecule has 9 aromatic carbocycles. The number of aromatic nitrogens is 1. The highest BCUT2D eigenvalue weighted by atomic mass is 32.1. The molecular formula is C52H31BN2S2. The van der Waals surface area contributed by atoms with Gasteiger partial charge in [-0.15, -0.1) is 22.7 Å². The molecule has 0 aliphatic carbocycles. The molecule has 5 heteroatoms. The van der Waals surface area contributed by atoms with Crippen LogP contribution in [0, 0.1) is 0 Å². The van der Waals surface area contributed by atoms with Crippen LogP contribution in [-0.4, -0.2) is 11.8 Å². The standard InChI is InChI=1S/C52H31BN2S2/c1-2-12-30(13-3-1)32-28-40(48-44(29-32)55-49-33-15-5-4-14-31(33)24-25-37(49)36-18-10-20-41(53-48)50(36)55)47-42(27-26-39-35-17-7-9-23-46(35)57-52(39)47)54-43-21-11-19-38-34-16-6-8-22-45(34)56-51(38)43/h1-29,53-54H. The molecule has 3 aromatic heterocycles. The van der Waals surface area contributed by atoms with Crippen LogP contribution in [0.15, 0.2) is 176 Å². The van der Waals surface area contributed by atoms with Crippen LogP contribution in [0.25, 0.3) is 101 Å². The Morgan fingerprint density at radius 1 is 0.439 bits per heavy atom. The van der Waals surface area contributed by atoms with Gasteiger partial charge in [0.15, 0.2) is 7.28 Å². The van der Waals surface area contributed by atoms with Crippen LogP contribution in [0.1, 0.15) is 0 Å². The molecule has 0 spiro atoms. The minimum atomic E-state index is 0.845. The maximum atomic E-state index is 4.08. The predicted molar refractivity (Wildman–Crippen MR) is 251 cm³/mol. The van der Waals surface area contributed by atoms with Crippen LogP contribution in [0.3, 0.4) is 0 Å². The summed E-state index contributed by atoms with van der Waals surface area (Å²) >= 11 is 3.78. The molecule has 4 heterocycles. The summed E-state index contributed by atoms with van der Waals surface area (Å²) in [6.45, 7) is 0. The van der Waals surface area contributed by atoms with Crippen molar-refractivity contribution in [3.8, 4) is 27.9 Å². The highest BCUT2D eigenvalue weighted by Crippen LogP contribution is 2.48. The third-order valence-corrected chi connectivity index (χ3v) is 14.6. The molecule has 1 N–H and O–H groups in total. The van der Waals surface area contributed by atoms with Gasteiger partial charge in [0, 0.05) is 74.3 Å². The van der Waals surface area contributed by atoms with Gasteiger partial charge in [0.05, 0.1) is 15.9 Å². The lowest BCUT2D eigenvalue weighted by atomic mass is 9.58. The number of nitrogens with zero attached hydrogens (tertiary/aromatic N) is 1. The van der Waals surface area contributed by atoms with Crippen molar-refractivity contribution < 1.29 is 0 Å². The number of nitrogens with one attached hydrogen (secondary N) is 1. The highest BCUT2D eigenvalue weighted by Gasteiger charge is 2.29. The number of rotatable bonds is 4. The Hall–Kier alpha value is -6.66. The molecule has 12 aromatic rings. The predicted octanol–water partition coefficient (Wildman–Crippen LogP) is 13.5. The smallest absolute Gasteiger partial charge is 0.198 e. The van der Waals surface area contributed by atoms with Crippen molar-refractivity contribution in [1.82, 2.24) is 4.57 Å². The van der Waals surface area contributed by atoms with Crippen molar-refractivity contribution in [3.05, 3.63) is 176 Å². The lowest BCUT2D eigenvalue weighted by molar-refractivity contribution is 1.20. The number of hydrogen-bond donors (Lipinski definition) is 1. The lowest BCUT2D eigenvalue weighted by Gasteiger charge is -2.26. The van der Waals surface area contributed by atoms with E-state index in [1.807, 2.05) is 22.7 Å². The van der Waals surface area contributed by atoms with Gasteiger partial charge in [-0.2, -0.15) is 0 Å². The topological polar surface area (TPSA) is 17.0 Å². The lowest BCUT2D eigenvalue weighted by Crippen LogP contribution is -2.37. The molecule has 264 valence electrons. The summed E-state index contributed by atoms with van der Waals surface area (Å²) in [6, 6.07) is 65.3. The van der Waals surface area contributed by atoms with Gasteiger partial charge >= 0.3 is 0 Å². The quantitative estimate of drug-likeness (QED) is 0.177. The first-order chi connectivity index (χ1) is 28.3. The number of fused-ring (bicyclic) bond motifs is 13. The van der Waals surface area contributed by atoms with E-state index >= 15 is 0 Å². The molecule has 57 heavy (non-hydrogen) atoms. The number of benzene rings is 9. The van der Waals surface area contributed by atoms with Gasteiger partial charge in [0.1, 0.15) is 0 Å². The fraction of sp³-hybridized carbons (Fsp3) is 0. The van der Waals surface area contributed by atoms with E-state index in [4.69, 9.17) is 0 Å². The first kappa shape index (κ1) is 31.5. The molecule has 0 bridgehead atoms. The Morgan fingerprint density at radius 3 is 1.93 bits per heavy atom. The Labute approximate surface area is 337 Å². The van der Waals surface area contributed by atoms with E-state index in [1.54, 1.807) is 0 Å². The Balaban J connectivity index is 1.16. The average molecular weight is 759 g/mol. The highest BCUT2D eigenvalue weighted by molar-refractivity contribution is 7.27. The van der Waals surface area contributed by atoms with Gasteiger partial charge in [-0.25, -0.2) is 0 Å². The molecule has 1 aliphatic heterocycles. The van der Waals surface area contributed by atoms with E-state index < -0.39 is 0 Å². The molecule has 2 nitrogen and oxygen atoms in total.